The van der Waals surface area contributed by atoms with Crippen molar-refractivity contribution >= 4 is 34.4 Å². The van der Waals surface area contributed by atoms with Gasteiger partial charge in [0.15, 0.2) is 5.82 Å². The van der Waals surface area contributed by atoms with Crippen LogP contribution in [0.2, 0.25) is 0 Å². The number of rotatable bonds is 2. The minimum absolute atomic E-state index is 0.268. The number of hydrogen-bond acceptors (Lipinski definition) is 5. The Morgan fingerprint density at radius 3 is 2.60 bits per heavy atom. The van der Waals surface area contributed by atoms with Crippen molar-refractivity contribution in [2.45, 2.75) is 0 Å². The van der Waals surface area contributed by atoms with Gasteiger partial charge in [-0.1, -0.05) is 24.4 Å². The molecule has 1 aliphatic rings. The lowest BCUT2D eigenvalue weighted by Gasteiger charge is -2.36. The number of fused-ring (bicyclic) bond motifs is 1. The van der Waals surface area contributed by atoms with Crippen LogP contribution in [0.15, 0.2) is 36.7 Å². The number of hydrogen-bond donors (Lipinski definition) is 1. The van der Waals surface area contributed by atoms with Gasteiger partial charge in [0.1, 0.15) is 10.7 Å². The fourth-order valence-electron chi connectivity index (χ4n) is 2.43. The Morgan fingerprint density at radius 2 is 1.85 bits per heavy atom. The number of aromatic nitrogens is 2. The van der Waals surface area contributed by atoms with Crippen molar-refractivity contribution in [3.05, 3.63) is 42.4 Å². The highest BCUT2D eigenvalue weighted by Crippen LogP contribution is 2.36. The zero-order valence-corrected chi connectivity index (χ0v) is 12.0. The van der Waals surface area contributed by atoms with Crippen LogP contribution in [0.3, 0.4) is 0 Å². The molecule has 5 nitrogen and oxygen atoms in total. The average molecular weight is 285 g/mol. The van der Waals surface area contributed by atoms with Crippen LogP contribution in [-0.2, 0) is 0 Å². The molecule has 102 valence electrons. The maximum atomic E-state index is 5.76. The van der Waals surface area contributed by atoms with Crippen molar-refractivity contribution in [1.82, 2.24) is 9.97 Å². The topological polar surface area (TPSA) is 58.3 Å². The average Bonchev–Trinajstić information content (AvgIpc) is 2.48. The summed E-state index contributed by atoms with van der Waals surface area (Å²) in [6.07, 6.45) is 3.28. The maximum absolute atomic E-state index is 5.76. The van der Waals surface area contributed by atoms with Gasteiger partial charge in [-0.25, -0.2) is 9.97 Å². The van der Waals surface area contributed by atoms with Crippen molar-refractivity contribution in [1.29, 1.82) is 0 Å². The number of likely N-dealkylation sites (N-methyl/N-ethyl adjacent to an activating group) is 1. The van der Waals surface area contributed by atoms with Gasteiger partial charge in [-0.3, -0.25) is 0 Å². The largest absolute Gasteiger partial charge is 0.388 e. The zero-order valence-electron chi connectivity index (χ0n) is 11.2. The SMILES string of the molecule is CN1CCN(c2nccnc2C(N)=S)c2ccccc21. The summed E-state index contributed by atoms with van der Waals surface area (Å²) in [5.74, 6) is 0.723. The molecule has 0 unspecified atom stereocenters. The van der Waals surface area contributed by atoms with Gasteiger partial charge in [0.05, 0.1) is 11.4 Å². The molecule has 0 atom stereocenters. The van der Waals surface area contributed by atoms with Gasteiger partial charge in [0.2, 0.25) is 0 Å². The second-order valence-electron chi connectivity index (χ2n) is 4.65. The summed E-state index contributed by atoms with van der Waals surface area (Å²) in [5, 5.41) is 0. The van der Waals surface area contributed by atoms with Gasteiger partial charge in [-0.15, -0.1) is 0 Å². The monoisotopic (exact) mass is 285 g/mol. The minimum Gasteiger partial charge on any atom is -0.388 e. The van der Waals surface area contributed by atoms with Gasteiger partial charge in [0.25, 0.3) is 0 Å². The van der Waals surface area contributed by atoms with Crippen molar-refractivity contribution in [2.24, 2.45) is 5.73 Å². The molecule has 1 aromatic carbocycles. The highest BCUT2D eigenvalue weighted by Gasteiger charge is 2.24. The Balaban J connectivity index is 2.13. The predicted molar refractivity (Wildman–Crippen MR) is 84.6 cm³/mol. The summed E-state index contributed by atoms with van der Waals surface area (Å²) in [6.45, 7) is 1.73. The summed E-state index contributed by atoms with van der Waals surface area (Å²) >= 11 is 5.08. The number of nitrogens with zero attached hydrogens (tertiary/aromatic N) is 4. The molecule has 1 aromatic heterocycles. The van der Waals surface area contributed by atoms with Crippen LogP contribution in [0.25, 0.3) is 0 Å². The Hall–Kier alpha value is -2.21. The first-order chi connectivity index (χ1) is 9.68. The zero-order chi connectivity index (χ0) is 14.1. The smallest absolute Gasteiger partial charge is 0.162 e. The number of thiocarbonyl (C=S) groups is 1. The first-order valence-corrected chi connectivity index (χ1v) is 6.78. The molecule has 0 fully saturated rings. The van der Waals surface area contributed by atoms with Crippen LogP contribution < -0.4 is 15.5 Å². The quantitative estimate of drug-likeness (QED) is 0.848. The van der Waals surface area contributed by atoms with Crippen LogP contribution in [0, 0.1) is 0 Å². The van der Waals surface area contributed by atoms with Crippen molar-refractivity contribution in [3.8, 4) is 0 Å². The van der Waals surface area contributed by atoms with Gasteiger partial charge in [-0.05, 0) is 12.1 Å². The molecule has 2 N–H and O–H groups in total. The Morgan fingerprint density at radius 1 is 1.15 bits per heavy atom. The minimum atomic E-state index is 0.268. The summed E-state index contributed by atoms with van der Waals surface area (Å²) in [5.41, 5.74) is 8.59. The van der Waals surface area contributed by atoms with E-state index in [0.717, 1.165) is 24.6 Å². The van der Waals surface area contributed by atoms with E-state index in [0.29, 0.717) is 5.69 Å². The molecule has 0 spiro atoms. The molecule has 3 rings (SSSR count). The van der Waals surface area contributed by atoms with E-state index < -0.39 is 0 Å². The summed E-state index contributed by atoms with van der Waals surface area (Å²) in [7, 11) is 2.08. The molecule has 2 heterocycles. The lowest BCUT2D eigenvalue weighted by Crippen LogP contribution is -2.37. The van der Waals surface area contributed by atoms with Crippen LogP contribution in [0.5, 0.6) is 0 Å². The second-order valence-corrected chi connectivity index (χ2v) is 5.09. The van der Waals surface area contributed by atoms with E-state index >= 15 is 0 Å². The highest BCUT2D eigenvalue weighted by molar-refractivity contribution is 7.80. The number of anilines is 3. The van der Waals surface area contributed by atoms with Crippen LogP contribution >= 0.6 is 12.2 Å². The lowest BCUT2D eigenvalue weighted by molar-refractivity contribution is 0.810. The van der Waals surface area contributed by atoms with E-state index in [1.54, 1.807) is 12.4 Å². The molecule has 0 bridgehead atoms. The van der Waals surface area contributed by atoms with E-state index in [2.05, 4.69) is 38.9 Å². The summed E-state index contributed by atoms with van der Waals surface area (Å²) < 4.78 is 0. The van der Waals surface area contributed by atoms with Crippen molar-refractivity contribution in [3.63, 3.8) is 0 Å². The Kier molecular flexibility index (Phi) is 3.23. The van der Waals surface area contributed by atoms with Gasteiger partial charge in [0, 0.05) is 32.5 Å². The van der Waals surface area contributed by atoms with E-state index in [9.17, 15) is 0 Å². The summed E-state index contributed by atoms with van der Waals surface area (Å²) in [6, 6.07) is 8.22. The maximum Gasteiger partial charge on any atom is 0.162 e. The molecule has 0 radical (unpaired) electrons. The first kappa shape index (κ1) is 12.8. The van der Waals surface area contributed by atoms with Gasteiger partial charge >= 0.3 is 0 Å². The van der Waals surface area contributed by atoms with Crippen LogP contribution in [0.1, 0.15) is 5.69 Å². The molecular formula is C14H15N5S. The first-order valence-electron chi connectivity index (χ1n) is 6.37. The second kappa shape index (κ2) is 5.05. The Bertz CT molecular complexity index is 658. The normalized spacial score (nSPS) is 14.1. The van der Waals surface area contributed by atoms with E-state index in [1.165, 1.54) is 5.69 Å². The molecule has 0 aliphatic carbocycles. The predicted octanol–water partition coefficient (Wildman–Crippen LogP) is 1.70. The third-order valence-electron chi connectivity index (χ3n) is 3.41. The summed E-state index contributed by atoms with van der Waals surface area (Å²) in [4.78, 5) is 13.3. The fraction of sp³-hybridized carbons (Fsp3) is 0.214. The molecule has 0 saturated heterocycles. The molecule has 6 heteroatoms. The molecule has 2 aromatic rings. The molecule has 20 heavy (non-hydrogen) atoms. The van der Waals surface area contributed by atoms with Crippen molar-refractivity contribution < 1.29 is 0 Å². The van der Waals surface area contributed by atoms with E-state index in [-0.39, 0.29) is 4.99 Å². The number of nitrogens with two attached hydrogens (primary N) is 1. The van der Waals surface area contributed by atoms with Crippen molar-refractivity contribution in [2.75, 3.05) is 29.9 Å². The highest BCUT2D eigenvalue weighted by atomic mass is 32.1. The number of para-hydroxylation sites is 2. The third-order valence-corrected chi connectivity index (χ3v) is 3.60. The molecular weight excluding hydrogens is 270 g/mol. The van der Waals surface area contributed by atoms with Crippen LogP contribution in [-0.4, -0.2) is 35.1 Å². The van der Waals surface area contributed by atoms with E-state index in [4.69, 9.17) is 18.0 Å². The Labute approximate surface area is 123 Å². The molecule has 0 saturated carbocycles. The fourth-order valence-corrected chi connectivity index (χ4v) is 2.57. The standard InChI is InChI=1S/C14H15N5S/c1-18-8-9-19(11-5-3-2-4-10(11)18)14-12(13(15)20)16-6-7-17-14/h2-7H,8-9H2,1H3,(H2,15,20). The van der Waals surface area contributed by atoms with Gasteiger partial charge < -0.3 is 15.5 Å². The molecule has 1 aliphatic heterocycles. The number of benzene rings is 1. The molecule has 0 amide bonds. The lowest BCUT2D eigenvalue weighted by atomic mass is 10.1. The van der Waals surface area contributed by atoms with Gasteiger partial charge in [-0.2, -0.15) is 0 Å². The van der Waals surface area contributed by atoms with Crippen LogP contribution in [0.4, 0.5) is 17.2 Å². The van der Waals surface area contributed by atoms with E-state index in [1.807, 2.05) is 12.1 Å². The third kappa shape index (κ3) is 2.08.